The maximum atomic E-state index is 10.9. The fraction of sp³-hybridized carbons (Fsp3) is 0.500. The molecule has 0 aliphatic rings. The Kier molecular flexibility index (Phi) is 4.46. The van der Waals surface area contributed by atoms with E-state index in [0.29, 0.717) is 5.52 Å². The van der Waals surface area contributed by atoms with Gasteiger partial charge in [-0.05, 0) is 35.6 Å². The molecular weight excluding hydrogens is 264 g/mol. The standard InChI is InChI=1S/C12H16N4O4/c1-15(7-3-2-4-8-17)9-5-6-10(16(18)19)12-11(9)13-20-14-12/h5-6,17H,2-4,7-8H2,1H3. The zero-order valence-corrected chi connectivity index (χ0v) is 11.2. The molecule has 8 nitrogen and oxygen atoms in total. The van der Waals surface area contributed by atoms with Crippen LogP contribution in [0, 0.1) is 10.1 Å². The first kappa shape index (κ1) is 14.2. The van der Waals surface area contributed by atoms with Crippen molar-refractivity contribution < 1.29 is 14.7 Å². The number of aromatic nitrogens is 2. The molecule has 8 heteroatoms. The van der Waals surface area contributed by atoms with E-state index in [4.69, 9.17) is 5.11 Å². The molecule has 2 aromatic rings. The van der Waals surface area contributed by atoms with Gasteiger partial charge < -0.3 is 10.0 Å². The number of aliphatic hydroxyl groups excluding tert-OH is 1. The summed E-state index contributed by atoms with van der Waals surface area (Å²) in [6, 6.07) is 3.06. The predicted octanol–water partition coefficient (Wildman–Crippen LogP) is 1.73. The van der Waals surface area contributed by atoms with Gasteiger partial charge in [0.1, 0.15) is 0 Å². The lowest BCUT2D eigenvalue weighted by molar-refractivity contribution is -0.383. The SMILES string of the molecule is CN(CCCCCO)c1ccc([N+](=O)[O-])c2nonc12. The fourth-order valence-corrected chi connectivity index (χ4v) is 2.05. The van der Waals surface area contributed by atoms with E-state index in [-0.39, 0.29) is 17.8 Å². The third-order valence-electron chi connectivity index (χ3n) is 3.13. The Labute approximate surface area is 115 Å². The van der Waals surface area contributed by atoms with E-state index in [9.17, 15) is 10.1 Å². The Bertz CT molecular complexity index is 598. The summed E-state index contributed by atoms with van der Waals surface area (Å²) in [6.07, 6.45) is 2.61. The first-order valence-electron chi connectivity index (χ1n) is 6.37. The monoisotopic (exact) mass is 280 g/mol. The number of nitrogens with zero attached hydrogens (tertiary/aromatic N) is 4. The van der Waals surface area contributed by atoms with E-state index in [1.807, 2.05) is 11.9 Å². The van der Waals surface area contributed by atoms with Gasteiger partial charge in [-0.25, -0.2) is 4.63 Å². The minimum Gasteiger partial charge on any atom is -0.396 e. The van der Waals surface area contributed by atoms with Crippen LogP contribution in [0.4, 0.5) is 11.4 Å². The van der Waals surface area contributed by atoms with Gasteiger partial charge in [-0.1, -0.05) is 0 Å². The second-order valence-corrected chi connectivity index (χ2v) is 4.53. The van der Waals surface area contributed by atoms with Gasteiger partial charge in [0.15, 0.2) is 5.52 Å². The lowest BCUT2D eigenvalue weighted by Crippen LogP contribution is -2.19. The number of unbranched alkanes of at least 4 members (excludes halogenated alkanes) is 2. The summed E-state index contributed by atoms with van der Waals surface area (Å²) in [5.74, 6) is 0. The number of rotatable bonds is 7. The summed E-state index contributed by atoms with van der Waals surface area (Å²) in [4.78, 5) is 12.3. The van der Waals surface area contributed by atoms with E-state index in [1.54, 1.807) is 6.07 Å². The van der Waals surface area contributed by atoms with Gasteiger partial charge >= 0.3 is 5.69 Å². The van der Waals surface area contributed by atoms with Crippen molar-refractivity contribution in [2.75, 3.05) is 25.1 Å². The Morgan fingerprint density at radius 3 is 2.75 bits per heavy atom. The Morgan fingerprint density at radius 2 is 2.05 bits per heavy atom. The van der Waals surface area contributed by atoms with Crippen molar-refractivity contribution >= 4 is 22.4 Å². The van der Waals surface area contributed by atoms with Crippen molar-refractivity contribution in [3.63, 3.8) is 0 Å². The molecule has 0 amide bonds. The molecule has 108 valence electrons. The van der Waals surface area contributed by atoms with E-state index >= 15 is 0 Å². The topological polar surface area (TPSA) is 106 Å². The van der Waals surface area contributed by atoms with Crippen molar-refractivity contribution in [3.8, 4) is 0 Å². The molecule has 0 saturated carbocycles. The quantitative estimate of drug-likeness (QED) is 0.467. The molecule has 0 saturated heterocycles. The zero-order valence-electron chi connectivity index (χ0n) is 11.2. The number of hydrogen-bond acceptors (Lipinski definition) is 7. The number of benzene rings is 1. The minimum atomic E-state index is -0.502. The fourth-order valence-electron chi connectivity index (χ4n) is 2.05. The molecule has 1 aromatic heterocycles. The maximum absolute atomic E-state index is 10.9. The molecule has 0 spiro atoms. The highest BCUT2D eigenvalue weighted by Crippen LogP contribution is 2.30. The zero-order chi connectivity index (χ0) is 14.5. The van der Waals surface area contributed by atoms with Crippen molar-refractivity contribution in [3.05, 3.63) is 22.2 Å². The molecule has 0 atom stereocenters. The van der Waals surface area contributed by atoms with Crippen LogP contribution >= 0.6 is 0 Å². The van der Waals surface area contributed by atoms with Gasteiger partial charge in [0.25, 0.3) is 0 Å². The Hall–Kier alpha value is -2.22. The molecule has 0 fully saturated rings. The van der Waals surface area contributed by atoms with Crippen LogP contribution in [-0.2, 0) is 0 Å². The molecule has 0 aliphatic carbocycles. The molecule has 0 bridgehead atoms. The van der Waals surface area contributed by atoms with E-state index in [1.165, 1.54) is 6.07 Å². The van der Waals surface area contributed by atoms with Crippen molar-refractivity contribution in [1.29, 1.82) is 0 Å². The van der Waals surface area contributed by atoms with E-state index in [2.05, 4.69) is 14.9 Å². The number of aliphatic hydroxyl groups is 1. The van der Waals surface area contributed by atoms with Crippen LogP contribution in [0.25, 0.3) is 11.0 Å². The van der Waals surface area contributed by atoms with E-state index in [0.717, 1.165) is 31.5 Å². The second kappa shape index (κ2) is 6.29. The second-order valence-electron chi connectivity index (χ2n) is 4.53. The molecule has 0 unspecified atom stereocenters. The van der Waals surface area contributed by atoms with E-state index < -0.39 is 4.92 Å². The molecule has 20 heavy (non-hydrogen) atoms. The Balaban J connectivity index is 2.20. The summed E-state index contributed by atoms with van der Waals surface area (Å²) < 4.78 is 4.63. The molecule has 0 radical (unpaired) electrons. The summed E-state index contributed by atoms with van der Waals surface area (Å²) >= 11 is 0. The van der Waals surface area contributed by atoms with Crippen LogP contribution in [0.5, 0.6) is 0 Å². The summed E-state index contributed by atoms with van der Waals surface area (Å²) in [7, 11) is 1.88. The highest BCUT2D eigenvalue weighted by Gasteiger charge is 2.20. The van der Waals surface area contributed by atoms with Gasteiger partial charge in [0.05, 0.1) is 10.6 Å². The number of anilines is 1. The molecule has 1 aromatic carbocycles. The summed E-state index contributed by atoms with van der Waals surface area (Å²) in [5.41, 5.74) is 1.19. The van der Waals surface area contributed by atoms with Gasteiger partial charge in [0.2, 0.25) is 5.52 Å². The molecular formula is C12H16N4O4. The van der Waals surface area contributed by atoms with Gasteiger partial charge in [-0.15, -0.1) is 0 Å². The number of hydrogen-bond donors (Lipinski definition) is 1. The van der Waals surface area contributed by atoms with Gasteiger partial charge in [-0.2, -0.15) is 0 Å². The number of fused-ring (bicyclic) bond motifs is 1. The number of nitro groups is 1. The van der Waals surface area contributed by atoms with Crippen LogP contribution in [0.3, 0.4) is 0 Å². The predicted molar refractivity (Wildman–Crippen MR) is 72.7 cm³/mol. The average molecular weight is 280 g/mol. The maximum Gasteiger partial charge on any atom is 0.300 e. The van der Waals surface area contributed by atoms with Crippen LogP contribution in [0.2, 0.25) is 0 Å². The van der Waals surface area contributed by atoms with Gasteiger partial charge in [-0.3, -0.25) is 10.1 Å². The lowest BCUT2D eigenvalue weighted by atomic mass is 10.2. The number of non-ortho nitro benzene ring substituents is 1. The average Bonchev–Trinajstić information content (AvgIpc) is 2.91. The summed E-state index contributed by atoms with van der Waals surface area (Å²) in [6.45, 7) is 0.957. The smallest absolute Gasteiger partial charge is 0.300 e. The van der Waals surface area contributed by atoms with Crippen molar-refractivity contribution in [1.82, 2.24) is 10.3 Å². The van der Waals surface area contributed by atoms with Crippen LogP contribution in [0.1, 0.15) is 19.3 Å². The Morgan fingerprint density at radius 1 is 1.30 bits per heavy atom. The highest BCUT2D eigenvalue weighted by atomic mass is 16.6. The number of nitro benzene ring substituents is 1. The third-order valence-corrected chi connectivity index (χ3v) is 3.13. The molecule has 1 N–H and O–H groups in total. The third kappa shape index (κ3) is 2.85. The van der Waals surface area contributed by atoms with Crippen LogP contribution in [-0.4, -0.2) is 40.5 Å². The van der Waals surface area contributed by atoms with Crippen molar-refractivity contribution in [2.45, 2.75) is 19.3 Å². The normalized spacial score (nSPS) is 10.9. The van der Waals surface area contributed by atoms with Crippen LogP contribution < -0.4 is 4.90 Å². The minimum absolute atomic E-state index is 0.112. The van der Waals surface area contributed by atoms with Crippen LogP contribution in [0.15, 0.2) is 16.8 Å². The molecule has 0 aliphatic heterocycles. The highest BCUT2D eigenvalue weighted by molar-refractivity contribution is 5.93. The lowest BCUT2D eigenvalue weighted by Gasteiger charge is -2.18. The first-order valence-corrected chi connectivity index (χ1v) is 6.37. The summed E-state index contributed by atoms with van der Waals surface area (Å²) in [5, 5.41) is 27.0. The first-order chi connectivity index (χ1) is 9.65. The largest absolute Gasteiger partial charge is 0.396 e. The molecule has 2 rings (SSSR count). The molecule has 1 heterocycles. The van der Waals surface area contributed by atoms with Gasteiger partial charge in [0, 0.05) is 26.3 Å². The van der Waals surface area contributed by atoms with Crippen molar-refractivity contribution in [2.24, 2.45) is 0 Å².